The molecule has 0 radical (unpaired) electrons. The molecule has 0 aliphatic carbocycles. The van der Waals surface area contributed by atoms with Crippen LogP contribution in [-0.4, -0.2) is 15.4 Å². The van der Waals surface area contributed by atoms with Gasteiger partial charge in [-0.05, 0) is 26.8 Å². The zero-order valence-electron chi connectivity index (χ0n) is 6.47. The Morgan fingerprint density at radius 2 is 1.40 bits per heavy atom. The Labute approximate surface area is 60.4 Å². The molecule has 0 bridgehead atoms. The fourth-order valence-corrected chi connectivity index (χ4v) is 0.902. The fourth-order valence-electron chi connectivity index (χ4n) is 0.902. The molecule has 0 amide bonds. The Morgan fingerprint density at radius 1 is 1.00 bits per heavy atom. The summed E-state index contributed by atoms with van der Waals surface area (Å²) in [5, 5.41) is 0. The maximum absolute atomic E-state index is 4.12. The lowest BCUT2D eigenvalue weighted by molar-refractivity contribution is 0.824. The Morgan fingerprint density at radius 3 is 1.70 bits per heavy atom. The summed E-state index contributed by atoms with van der Waals surface area (Å²) in [7, 11) is 0. The predicted octanol–water partition coefficient (Wildman–Crippen LogP) is 0.577. The van der Waals surface area contributed by atoms with Crippen LogP contribution in [0.25, 0.3) is 0 Å². The quantitative estimate of drug-likeness (QED) is 0.529. The molecule has 3 heteroatoms. The maximum atomic E-state index is 4.12. The number of rotatable bonds is 0. The smallest absolute Gasteiger partial charge is 0.125 e. The van der Waals surface area contributed by atoms with Gasteiger partial charge in [-0.3, -0.25) is 0 Å². The van der Waals surface area contributed by atoms with Crippen LogP contribution in [0.2, 0.25) is 0 Å². The molecule has 1 rings (SSSR count). The molecule has 0 atom stereocenters. The SMILES string of the molecule is Cc1cc(C)nc(C)n1.O. The van der Waals surface area contributed by atoms with E-state index in [0.29, 0.717) is 0 Å². The standard InChI is InChI=1S/C7H10N2.H2O/c1-5-4-6(2)9-7(3)8-5;/h4H,1-3H3;1H2. The van der Waals surface area contributed by atoms with E-state index in [2.05, 4.69) is 9.97 Å². The number of aryl methyl sites for hydroxylation is 3. The summed E-state index contributed by atoms with van der Waals surface area (Å²) >= 11 is 0. The topological polar surface area (TPSA) is 57.3 Å². The third-order valence-electron chi connectivity index (χ3n) is 1.09. The first-order chi connectivity index (χ1) is 4.18. The highest BCUT2D eigenvalue weighted by molar-refractivity contribution is 5.07. The van der Waals surface area contributed by atoms with Gasteiger partial charge in [-0.2, -0.15) is 0 Å². The molecular weight excluding hydrogens is 128 g/mol. The van der Waals surface area contributed by atoms with Crippen LogP contribution in [0.5, 0.6) is 0 Å². The van der Waals surface area contributed by atoms with Gasteiger partial charge in [0.05, 0.1) is 0 Å². The monoisotopic (exact) mass is 140 g/mol. The molecule has 0 saturated heterocycles. The van der Waals surface area contributed by atoms with Crippen molar-refractivity contribution >= 4 is 0 Å². The predicted molar refractivity (Wildman–Crippen MR) is 39.9 cm³/mol. The van der Waals surface area contributed by atoms with Crippen LogP contribution in [0.1, 0.15) is 17.2 Å². The second kappa shape index (κ2) is 3.27. The number of nitrogens with zero attached hydrogens (tertiary/aromatic N) is 2. The normalized spacial score (nSPS) is 8.70. The van der Waals surface area contributed by atoms with Gasteiger partial charge in [-0.25, -0.2) is 9.97 Å². The van der Waals surface area contributed by atoms with E-state index in [1.54, 1.807) is 0 Å². The molecule has 0 saturated carbocycles. The molecule has 2 N–H and O–H groups in total. The third kappa shape index (κ3) is 2.11. The van der Waals surface area contributed by atoms with Crippen LogP contribution in [0, 0.1) is 20.8 Å². The summed E-state index contributed by atoms with van der Waals surface area (Å²) in [5.41, 5.74) is 2.08. The van der Waals surface area contributed by atoms with Gasteiger partial charge in [0.15, 0.2) is 0 Å². The Balaban J connectivity index is 0.000000810. The molecule has 0 aliphatic rings. The molecule has 10 heavy (non-hydrogen) atoms. The van der Waals surface area contributed by atoms with Gasteiger partial charge < -0.3 is 5.48 Å². The first-order valence-electron chi connectivity index (χ1n) is 2.97. The van der Waals surface area contributed by atoms with Crippen molar-refractivity contribution in [3.05, 3.63) is 23.3 Å². The van der Waals surface area contributed by atoms with Crippen LogP contribution in [0.3, 0.4) is 0 Å². The van der Waals surface area contributed by atoms with Crippen LogP contribution < -0.4 is 0 Å². The van der Waals surface area contributed by atoms with E-state index in [-0.39, 0.29) is 5.48 Å². The first kappa shape index (κ1) is 9.04. The van der Waals surface area contributed by atoms with E-state index < -0.39 is 0 Å². The molecule has 1 aromatic rings. The van der Waals surface area contributed by atoms with Gasteiger partial charge in [0, 0.05) is 11.4 Å². The van der Waals surface area contributed by atoms with Crippen LogP contribution >= 0.6 is 0 Å². The van der Waals surface area contributed by atoms with Crippen molar-refractivity contribution in [1.29, 1.82) is 0 Å². The Kier molecular flexibility index (Phi) is 2.96. The lowest BCUT2D eigenvalue weighted by Gasteiger charge is -1.95. The maximum Gasteiger partial charge on any atom is 0.125 e. The van der Waals surface area contributed by atoms with E-state index in [9.17, 15) is 0 Å². The molecule has 0 fully saturated rings. The summed E-state index contributed by atoms with van der Waals surface area (Å²) < 4.78 is 0. The van der Waals surface area contributed by atoms with Crippen molar-refractivity contribution < 1.29 is 5.48 Å². The second-order valence-electron chi connectivity index (χ2n) is 2.20. The molecule has 0 spiro atoms. The van der Waals surface area contributed by atoms with Gasteiger partial charge in [0.2, 0.25) is 0 Å². The third-order valence-corrected chi connectivity index (χ3v) is 1.09. The zero-order chi connectivity index (χ0) is 6.85. The van der Waals surface area contributed by atoms with Gasteiger partial charge in [-0.1, -0.05) is 0 Å². The molecule has 0 aliphatic heterocycles. The van der Waals surface area contributed by atoms with Gasteiger partial charge >= 0.3 is 0 Å². The van der Waals surface area contributed by atoms with Crippen LogP contribution in [0.15, 0.2) is 6.07 Å². The summed E-state index contributed by atoms with van der Waals surface area (Å²) in [6, 6.07) is 1.97. The molecule has 0 aromatic carbocycles. The van der Waals surface area contributed by atoms with Crippen molar-refractivity contribution in [1.82, 2.24) is 9.97 Å². The van der Waals surface area contributed by atoms with E-state index in [4.69, 9.17) is 0 Å². The lowest BCUT2D eigenvalue weighted by Crippen LogP contribution is -1.91. The summed E-state index contributed by atoms with van der Waals surface area (Å²) in [6.07, 6.45) is 0. The average Bonchev–Trinajstić information content (AvgIpc) is 1.59. The Bertz CT molecular complexity index is 172. The molecule has 1 aromatic heterocycles. The minimum atomic E-state index is 0. The molecule has 3 nitrogen and oxygen atoms in total. The molecule has 1 heterocycles. The molecule has 0 unspecified atom stereocenters. The van der Waals surface area contributed by atoms with Crippen LogP contribution in [0.4, 0.5) is 0 Å². The van der Waals surface area contributed by atoms with Crippen molar-refractivity contribution in [2.45, 2.75) is 20.8 Å². The highest BCUT2D eigenvalue weighted by Crippen LogP contribution is 1.96. The fraction of sp³-hybridized carbons (Fsp3) is 0.429. The highest BCUT2D eigenvalue weighted by Gasteiger charge is 1.90. The highest BCUT2D eigenvalue weighted by atomic mass is 16.0. The lowest BCUT2D eigenvalue weighted by atomic mass is 10.3. The van der Waals surface area contributed by atoms with Crippen molar-refractivity contribution in [2.75, 3.05) is 0 Å². The largest absolute Gasteiger partial charge is 0.412 e. The number of hydrogen-bond donors (Lipinski definition) is 0. The van der Waals surface area contributed by atoms with E-state index in [1.807, 2.05) is 26.8 Å². The minimum Gasteiger partial charge on any atom is -0.412 e. The van der Waals surface area contributed by atoms with E-state index in [0.717, 1.165) is 17.2 Å². The minimum absolute atomic E-state index is 0. The summed E-state index contributed by atoms with van der Waals surface area (Å²) in [5.74, 6) is 0.854. The van der Waals surface area contributed by atoms with Gasteiger partial charge in [0.1, 0.15) is 5.82 Å². The second-order valence-corrected chi connectivity index (χ2v) is 2.20. The van der Waals surface area contributed by atoms with Crippen molar-refractivity contribution in [3.63, 3.8) is 0 Å². The van der Waals surface area contributed by atoms with Crippen molar-refractivity contribution in [3.8, 4) is 0 Å². The number of hydrogen-bond acceptors (Lipinski definition) is 2. The van der Waals surface area contributed by atoms with E-state index in [1.165, 1.54) is 0 Å². The molecular formula is C7H12N2O. The van der Waals surface area contributed by atoms with Gasteiger partial charge in [0.25, 0.3) is 0 Å². The Hall–Kier alpha value is -0.960. The summed E-state index contributed by atoms with van der Waals surface area (Å²) in [4.78, 5) is 8.25. The average molecular weight is 140 g/mol. The molecule has 56 valence electrons. The first-order valence-corrected chi connectivity index (χ1v) is 2.97. The van der Waals surface area contributed by atoms with Gasteiger partial charge in [-0.15, -0.1) is 0 Å². The summed E-state index contributed by atoms with van der Waals surface area (Å²) in [6.45, 7) is 5.85. The zero-order valence-corrected chi connectivity index (χ0v) is 6.47. The van der Waals surface area contributed by atoms with Crippen LogP contribution in [-0.2, 0) is 0 Å². The number of aromatic nitrogens is 2. The van der Waals surface area contributed by atoms with Crippen molar-refractivity contribution in [2.24, 2.45) is 0 Å². The van der Waals surface area contributed by atoms with E-state index >= 15 is 0 Å².